The number of aliphatic hydroxyl groups excluding tert-OH is 1. The van der Waals surface area contributed by atoms with Gasteiger partial charge in [-0.1, -0.05) is 31.6 Å². The fourth-order valence-electron chi connectivity index (χ4n) is 3.29. The van der Waals surface area contributed by atoms with E-state index in [1.807, 2.05) is 13.0 Å². The first-order valence-corrected chi connectivity index (χ1v) is 9.74. The standard InChI is InChI=1S/C23H32O5/c1-15-7-6-12-23(3,4)21(25)13-16(2)19(11-8-15)28-22(26)17-9-10-18(24)20(14-17)27-5/h8-10,13-14,19,21,24-25H,6-7,11-12H2,1-5H3/b15-8+,16-13?/t19-,21+/m1/s1. The molecule has 2 N–H and O–H groups in total. The highest BCUT2D eigenvalue weighted by Gasteiger charge is 2.28. The van der Waals surface area contributed by atoms with Crippen LogP contribution < -0.4 is 4.74 Å². The van der Waals surface area contributed by atoms with E-state index < -0.39 is 18.2 Å². The molecule has 1 aliphatic carbocycles. The number of carbonyl (C=O) groups excluding carboxylic acids is 1. The summed E-state index contributed by atoms with van der Waals surface area (Å²) >= 11 is 0. The van der Waals surface area contributed by atoms with E-state index in [0.717, 1.165) is 24.8 Å². The molecule has 0 heterocycles. The third kappa shape index (κ3) is 5.61. The number of hydrogen-bond acceptors (Lipinski definition) is 5. The average molecular weight is 389 g/mol. The Balaban J connectivity index is 2.28. The molecule has 0 radical (unpaired) electrons. The Morgan fingerprint density at radius 2 is 1.96 bits per heavy atom. The molecule has 28 heavy (non-hydrogen) atoms. The summed E-state index contributed by atoms with van der Waals surface area (Å²) in [4.78, 5) is 12.7. The highest BCUT2D eigenvalue weighted by Crippen LogP contribution is 2.32. The van der Waals surface area contributed by atoms with E-state index in [-0.39, 0.29) is 16.9 Å². The smallest absolute Gasteiger partial charge is 0.338 e. The summed E-state index contributed by atoms with van der Waals surface area (Å²) < 4.78 is 10.8. The lowest BCUT2D eigenvalue weighted by Gasteiger charge is -2.29. The topological polar surface area (TPSA) is 76.0 Å². The maximum Gasteiger partial charge on any atom is 0.338 e. The van der Waals surface area contributed by atoms with Gasteiger partial charge in [-0.3, -0.25) is 0 Å². The van der Waals surface area contributed by atoms with Gasteiger partial charge in [0, 0.05) is 6.42 Å². The van der Waals surface area contributed by atoms with Gasteiger partial charge < -0.3 is 19.7 Å². The summed E-state index contributed by atoms with van der Waals surface area (Å²) in [6.45, 7) is 8.09. The monoisotopic (exact) mass is 388 g/mol. The van der Waals surface area contributed by atoms with Crippen molar-refractivity contribution in [3.05, 3.63) is 47.1 Å². The third-order valence-corrected chi connectivity index (χ3v) is 5.47. The summed E-state index contributed by atoms with van der Waals surface area (Å²) in [7, 11) is 1.43. The van der Waals surface area contributed by atoms with Crippen molar-refractivity contribution in [1.82, 2.24) is 0 Å². The molecule has 0 amide bonds. The SMILES string of the molecule is COc1cc(C(=O)O[C@@H]2C/C=C(\C)CCCC(C)(C)[C@@H](O)C=C2C)ccc1O. The van der Waals surface area contributed by atoms with Gasteiger partial charge >= 0.3 is 5.97 Å². The van der Waals surface area contributed by atoms with Crippen molar-refractivity contribution < 1.29 is 24.5 Å². The summed E-state index contributed by atoms with van der Waals surface area (Å²) in [6.07, 6.45) is 6.29. The number of phenols is 1. The van der Waals surface area contributed by atoms with Crippen molar-refractivity contribution in [2.24, 2.45) is 5.41 Å². The molecule has 0 bridgehead atoms. The number of aliphatic hydroxyl groups is 1. The van der Waals surface area contributed by atoms with Crippen LogP contribution in [0.15, 0.2) is 41.5 Å². The van der Waals surface area contributed by atoms with Crippen LogP contribution in [0.1, 0.15) is 63.7 Å². The average Bonchev–Trinajstić information content (AvgIpc) is 2.65. The number of ether oxygens (including phenoxy) is 2. The number of phenolic OH excluding ortho intramolecular Hbond substituents is 1. The molecule has 0 saturated heterocycles. The second kappa shape index (κ2) is 9.28. The fourth-order valence-corrected chi connectivity index (χ4v) is 3.29. The van der Waals surface area contributed by atoms with Gasteiger partial charge in [-0.2, -0.15) is 0 Å². The summed E-state index contributed by atoms with van der Waals surface area (Å²) in [5.41, 5.74) is 2.14. The molecule has 0 saturated carbocycles. The van der Waals surface area contributed by atoms with E-state index in [2.05, 4.69) is 26.8 Å². The lowest BCUT2D eigenvalue weighted by molar-refractivity contribution is 0.0367. The molecule has 1 aromatic rings. The molecule has 0 fully saturated rings. The van der Waals surface area contributed by atoms with Crippen LogP contribution in [0.3, 0.4) is 0 Å². The van der Waals surface area contributed by atoms with Gasteiger partial charge in [-0.05, 0) is 62.3 Å². The molecular formula is C23H32O5. The first kappa shape index (κ1) is 22.0. The van der Waals surface area contributed by atoms with Crippen molar-refractivity contribution in [2.45, 2.75) is 65.6 Å². The van der Waals surface area contributed by atoms with Crippen LogP contribution in [0, 0.1) is 5.41 Å². The summed E-state index contributed by atoms with van der Waals surface area (Å²) in [5.74, 6) is -0.309. The number of benzene rings is 1. The van der Waals surface area contributed by atoms with Gasteiger partial charge in [0.05, 0.1) is 18.8 Å². The van der Waals surface area contributed by atoms with Crippen LogP contribution >= 0.6 is 0 Å². The van der Waals surface area contributed by atoms with Crippen LogP contribution in [0.25, 0.3) is 0 Å². The highest BCUT2D eigenvalue weighted by atomic mass is 16.5. The lowest BCUT2D eigenvalue weighted by Crippen LogP contribution is -2.29. The Kier molecular flexibility index (Phi) is 7.30. The van der Waals surface area contributed by atoms with Crippen molar-refractivity contribution >= 4 is 5.97 Å². The Bertz CT molecular complexity index is 760. The van der Waals surface area contributed by atoms with Crippen molar-refractivity contribution in [2.75, 3.05) is 7.11 Å². The molecule has 2 rings (SSSR count). The number of carbonyl (C=O) groups is 1. The minimum absolute atomic E-state index is 0.0334. The van der Waals surface area contributed by atoms with Gasteiger partial charge in [0.2, 0.25) is 0 Å². The number of hydrogen-bond donors (Lipinski definition) is 2. The molecule has 154 valence electrons. The molecule has 0 spiro atoms. The maximum absolute atomic E-state index is 12.7. The number of rotatable bonds is 3. The van der Waals surface area contributed by atoms with Gasteiger partial charge in [-0.15, -0.1) is 0 Å². The van der Waals surface area contributed by atoms with Gasteiger partial charge in [0.15, 0.2) is 11.5 Å². The first-order chi connectivity index (χ1) is 13.1. The summed E-state index contributed by atoms with van der Waals surface area (Å²) in [6, 6.07) is 4.37. The second-order valence-electron chi connectivity index (χ2n) is 8.26. The second-order valence-corrected chi connectivity index (χ2v) is 8.26. The predicted octanol–water partition coefficient (Wildman–Crippen LogP) is 4.78. The quantitative estimate of drug-likeness (QED) is 0.576. The lowest BCUT2D eigenvalue weighted by atomic mass is 9.80. The van der Waals surface area contributed by atoms with Gasteiger partial charge in [0.1, 0.15) is 6.10 Å². The Hall–Kier alpha value is -2.27. The molecule has 5 nitrogen and oxygen atoms in total. The Morgan fingerprint density at radius 1 is 1.25 bits per heavy atom. The maximum atomic E-state index is 12.7. The zero-order valence-electron chi connectivity index (χ0n) is 17.5. The van der Waals surface area contributed by atoms with Crippen LogP contribution in [-0.4, -0.2) is 35.5 Å². The van der Waals surface area contributed by atoms with Gasteiger partial charge in [-0.25, -0.2) is 4.79 Å². The van der Waals surface area contributed by atoms with Crippen LogP contribution in [-0.2, 0) is 4.74 Å². The zero-order valence-corrected chi connectivity index (χ0v) is 17.5. The molecule has 1 aliphatic rings. The minimum atomic E-state index is -0.610. The zero-order chi connectivity index (χ0) is 20.9. The number of aromatic hydroxyl groups is 1. The fraction of sp³-hybridized carbons (Fsp3) is 0.522. The highest BCUT2D eigenvalue weighted by molar-refractivity contribution is 5.90. The molecule has 0 unspecified atom stereocenters. The molecule has 1 aromatic carbocycles. The van der Waals surface area contributed by atoms with Crippen LogP contribution in [0.4, 0.5) is 0 Å². The third-order valence-electron chi connectivity index (χ3n) is 5.47. The molecule has 2 atom stereocenters. The van der Waals surface area contributed by atoms with E-state index >= 15 is 0 Å². The number of allylic oxidation sites excluding steroid dienone is 1. The first-order valence-electron chi connectivity index (χ1n) is 9.74. The Morgan fingerprint density at radius 3 is 2.64 bits per heavy atom. The predicted molar refractivity (Wildman–Crippen MR) is 110 cm³/mol. The molecular weight excluding hydrogens is 356 g/mol. The van der Waals surface area contributed by atoms with Crippen LogP contribution in [0.5, 0.6) is 11.5 Å². The van der Waals surface area contributed by atoms with E-state index in [9.17, 15) is 15.0 Å². The number of esters is 1. The van der Waals surface area contributed by atoms with Crippen molar-refractivity contribution in [1.29, 1.82) is 0 Å². The van der Waals surface area contributed by atoms with E-state index in [0.29, 0.717) is 12.0 Å². The van der Waals surface area contributed by atoms with E-state index in [1.54, 1.807) is 0 Å². The van der Waals surface area contributed by atoms with E-state index in [1.165, 1.54) is 30.9 Å². The summed E-state index contributed by atoms with van der Waals surface area (Å²) in [5, 5.41) is 20.4. The van der Waals surface area contributed by atoms with Gasteiger partial charge in [0.25, 0.3) is 0 Å². The van der Waals surface area contributed by atoms with Crippen LogP contribution in [0.2, 0.25) is 0 Å². The van der Waals surface area contributed by atoms with Crippen molar-refractivity contribution in [3.63, 3.8) is 0 Å². The minimum Gasteiger partial charge on any atom is -0.504 e. The number of methoxy groups -OCH3 is 1. The van der Waals surface area contributed by atoms with Crippen molar-refractivity contribution in [3.8, 4) is 11.5 Å². The van der Waals surface area contributed by atoms with E-state index in [4.69, 9.17) is 9.47 Å². The Labute approximate surface area is 167 Å². The molecule has 0 aliphatic heterocycles. The molecule has 5 heteroatoms. The normalized spacial score (nSPS) is 24.9. The largest absolute Gasteiger partial charge is 0.504 e. The molecule has 0 aromatic heterocycles.